The molecule has 2 rings (SSSR count). The lowest BCUT2D eigenvalue weighted by atomic mass is 10.2. The van der Waals surface area contributed by atoms with Crippen molar-refractivity contribution >= 4 is 34.7 Å². The van der Waals surface area contributed by atoms with E-state index in [1.807, 2.05) is 0 Å². The van der Waals surface area contributed by atoms with Crippen molar-refractivity contribution in [3.05, 3.63) is 58.6 Å². The number of carbonyl (C=O) groups is 2. The SMILES string of the molecule is CC(=O)Nc1cccc(NC(=O)Nc2ccc([N+](=O)[O-])cc2)c1. The Balaban J connectivity index is 1.99. The predicted octanol–water partition coefficient (Wildman–Crippen LogP) is 3.20. The normalized spacial score (nSPS) is 9.78. The largest absolute Gasteiger partial charge is 0.326 e. The van der Waals surface area contributed by atoms with E-state index in [0.29, 0.717) is 17.1 Å². The summed E-state index contributed by atoms with van der Waals surface area (Å²) in [6.45, 7) is 1.39. The summed E-state index contributed by atoms with van der Waals surface area (Å²) in [5.74, 6) is -0.211. The number of nitro benzene ring substituents is 1. The molecule has 0 bridgehead atoms. The van der Waals surface area contributed by atoms with Gasteiger partial charge in [-0.3, -0.25) is 14.9 Å². The van der Waals surface area contributed by atoms with E-state index in [-0.39, 0.29) is 11.6 Å². The molecule has 0 aliphatic carbocycles. The Morgan fingerprint density at radius 2 is 1.48 bits per heavy atom. The number of carbonyl (C=O) groups excluding carboxylic acids is 2. The molecular formula is C15H14N4O4. The van der Waals surface area contributed by atoms with Crippen molar-refractivity contribution in [1.29, 1.82) is 0 Å². The summed E-state index contributed by atoms with van der Waals surface area (Å²) < 4.78 is 0. The molecule has 0 saturated heterocycles. The van der Waals surface area contributed by atoms with Gasteiger partial charge in [-0.2, -0.15) is 0 Å². The van der Waals surface area contributed by atoms with Crippen LogP contribution in [0.5, 0.6) is 0 Å². The lowest BCUT2D eigenvalue weighted by Gasteiger charge is -2.09. The molecule has 0 atom stereocenters. The van der Waals surface area contributed by atoms with Gasteiger partial charge in [-0.15, -0.1) is 0 Å². The lowest BCUT2D eigenvalue weighted by molar-refractivity contribution is -0.384. The van der Waals surface area contributed by atoms with Crippen LogP contribution in [-0.4, -0.2) is 16.9 Å². The van der Waals surface area contributed by atoms with Crippen LogP contribution in [0.15, 0.2) is 48.5 Å². The molecule has 0 saturated carbocycles. The number of nitro groups is 1. The quantitative estimate of drug-likeness (QED) is 0.594. The molecule has 0 aliphatic heterocycles. The third-order valence-corrected chi connectivity index (χ3v) is 2.78. The number of non-ortho nitro benzene ring substituents is 1. The van der Waals surface area contributed by atoms with Gasteiger partial charge in [-0.25, -0.2) is 4.79 Å². The number of urea groups is 1. The van der Waals surface area contributed by atoms with Gasteiger partial charge in [0.2, 0.25) is 5.91 Å². The summed E-state index contributed by atoms with van der Waals surface area (Å²) in [6, 6.07) is 11.6. The molecule has 3 N–H and O–H groups in total. The van der Waals surface area contributed by atoms with Gasteiger partial charge < -0.3 is 16.0 Å². The van der Waals surface area contributed by atoms with Crippen LogP contribution in [0.1, 0.15) is 6.92 Å². The van der Waals surface area contributed by atoms with Crippen molar-refractivity contribution in [2.45, 2.75) is 6.92 Å². The second-order valence-corrected chi connectivity index (χ2v) is 4.65. The van der Waals surface area contributed by atoms with Gasteiger partial charge >= 0.3 is 6.03 Å². The number of hydrogen-bond acceptors (Lipinski definition) is 4. The second kappa shape index (κ2) is 7.03. The molecule has 0 spiro atoms. The molecule has 0 aromatic heterocycles. The fourth-order valence-corrected chi connectivity index (χ4v) is 1.84. The standard InChI is InChI=1S/C15H14N4O4/c1-10(20)16-12-3-2-4-13(9-12)18-15(21)17-11-5-7-14(8-6-11)19(22)23/h2-9H,1H3,(H,16,20)(H2,17,18,21). The van der Waals surface area contributed by atoms with Crippen LogP contribution in [0.3, 0.4) is 0 Å². The minimum atomic E-state index is -0.516. The lowest BCUT2D eigenvalue weighted by Crippen LogP contribution is -2.19. The van der Waals surface area contributed by atoms with E-state index < -0.39 is 11.0 Å². The maximum atomic E-state index is 11.9. The van der Waals surface area contributed by atoms with E-state index in [0.717, 1.165) is 0 Å². The topological polar surface area (TPSA) is 113 Å². The minimum absolute atomic E-state index is 0.0565. The highest BCUT2D eigenvalue weighted by molar-refractivity contribution is 6.00. The molecule has 3 amide bonds. The van der Waals surface area contributed by atoms with Crippen molar-refractivity contribution in [1.82, 2.24) is 0 Å². The molecule has 8 heteroatoms. The highest BCUT2D eigenvalue weighted by Gasteiger charge is 2.07. The zero-order chi connectivity index (χ0) is 16.8. The summed E-state index contributed by atoms with van der Waals surface area (Å²) in [5, 5.41) is 18.3. The van der Waals surface area contributed by atoms with Crippen molar-refractivity contribution in [2.75, 3.05) is 16.0 Å². The Bertz CT molecular complexity index is 743. The number of nitrogens with zero attached hydrogens (tertiary/aromatic N) is 1. The number of rotatable bonds is 4. The molecule has 23 heavy (non-hydrogen) atoms. The van der Waals surface area contributed by atoms with E-state index in [2.05, 4.69) is 16.0 Å². The zero-order valence-electron chi connectivity index (χ0n) is 12.2. The predicted molar refractivity (Wildman–Crippen MR) is 86.5 cm³/mol. The summed E-state index contributed by atoms with van der Waals surface area (Å²) in [4.78, 5) is 32.9. The number of anilines is 3. The highest BCUT2D eigenvalue weighted by Crippen LogP contribution is 2.17. The van der Waals surface area contributed by atoms with Gasteiger partial charge in [-0.05, 0) is 30.3 Å². The molecular weight excluding hydrogens is 300 g/mol. The molecule has 8 nitrogen and oxygen atoms in total. The van der Waals surface area contributed by atoms with Crippen LogP contribution in [0.4, 0.5) is 27.5 Å². The third kappa shape index (κ3) is 4.81. The maximum absolute atomic E-state index is 11.9. The third-order valence-electron chi connectivity index (χ3n) is 2.78. The van der Waals surface area contributed by atoms with Gasteiger partial charge in [0.15, 0.2) is 0 Å². The molecule has 118 valence electrons. The first-order valence-corrected chi connectivity index (χ1v) is 6.64. The number of amides is 3. The number of benzene rings is 2. The number of nitrogens with one attached hydrogen (secondary N) is 3. The fourth-order valence-electron chi connectivity index (χ4n) is 1.84. The van der Waals surface area contributed by atoms with Crippen molar-refractivity contribution in [3.8, 4) is 0 Å². The van der Waals surface area contributed by atoms with Gasteiger partial charge in [0.25, 0.3) is 5.69 Å². The summed E-state index contributed by atoms with van der Waals surface area (Å²) in [5.41, 5.74) is 1.42. The first-order valence-electron chi connectivity index (χ1n) is 6.64. The highest BCUT2D eigenvalue weighted by atomic mass is 16.6. The molecule has 0 fully saturated rings. The molecule has 2 aromatic carbocycles. The van der Waals surface area contributed by atoms with Gasteiger partial charge in [0.1, 0.15) is 0 Å². The van der Waals surface area contributed by atoms with Crippen LogP contribution in [0, 0.1) is 10.1 Å². The Morgan fingerprint density at radius 3 is 2.04 bits per heavy atom. The van der Waals surface area contributed by atoms with Gasteiger partial charge in [0, 0.05) is 36.1 Å². The maximum Gasteiger partial charge on any atom is 0.323 e. The second-order valence-electron chi connectivity index (χ2n) is 4.65. The summed E-state index contributed by atoms with van der Waals surface area (Å²) >= 11 is 0. The Hall–Kier alpha value is -3.42. The molecule has 0 aliphatic rings. The molecule has 0 heterocycles. The van der Waals surface area contributed by atoms with Gasteiger partial charge in [-0.1, -0.05) is 6.07 Å². The molecule has 0 radical (unpaired) electrons. The number of hydrogen-bond donors (Lipinski definition) is 3. The average Bonchev–Trinajstić information content (AvgIpc) is 2.47. The summed E-state index contributed by atoms with van der Waals surface area (Å²) in [6.07, 6.45) is 0. The van der Waals surface area contributed by atoms with Gasteiger partial charge in [0.05, 0.1) is 4.92 Å². The van der Waals surface area contributed by atoms with Crippen molar-refractivity contribution in [2.24, 2.45) is 0 Å². The van der Waals surface area contributed by atoms with E-state index in [1.54, 1.807) is 24.3 Å². The molecule has 2 aromatic rings. The van der Waals surface area contributed by atoms with Crippen molar-refractivity contribution < 1.29 is 14.5 Å². The van der Waals surface area contributed by atoms with Crippen molar-refractivity contribution in [3.63, 3.8) is 0 Å². The van der Waals surface area contributed by atoms with Crippen LogP contribution in [-0.2, 0) is 4.79 Å². The van der Waals surface area contributed by atoms with Crippen LogP contribution in [0.25, 0.3) is 0 Å². The first kappa shape index (κ1) is 16.0. The fraction of sp³-hybridized carbons (Fsp3) is 0.0667. The Kier molecular flexibility index (Phi) is 4.88. The van der Waals surface area contributed by atoms with E-state index in [1.165, 1.54) is 31.2 Å². The summed E-state index contributed by atoms with van der Waals surface area (Å²) in [7, 11) is 0. The van der Waals surface area contributed by atoms with E-state index in [9.17, 15) is 19.7 Å². The first-order chi connectivity index (χ1) is 10.9. The van der Waals surface area contributed by atoms with Crippen LogP contribution >= 0.6 is 0 Å². The van der Waals surface area contributed by atoms with E-state index >= 15 is 0 Å². The molecule has 0 unspecified atom stereocenters. The van der Waals surface area contributed by atoms with Crippen LogP contribution < -0.4 is 16.0 Å². The van der Waals surface area contributed by atoms with E-state index in [4.69, 9.17) is 0 Å². The monoisotopic (exact) mass is 314 g/mol. The smallest absolute Gasteiger partial charge is 0.323 e. The Labute approximate surface area is 131 Å². The van der Waals surface area contributed by atoms with Crippen LogP contribution in [0.2, 0.25) is 0 Å². The Morgan fingerprint density at radius 1 is 0.913 bits per heavy atom. The zero-order valence-corrected chi connectivity index (χ0v) is 12.2. The average molecular weight is 314 g/mol. The minimum Gasteiger partial charge on any atom is -0.326 e.